The Morgan fingerprint density at radius 3 is 2.90 bits per heavy atom. The van der Waals surface area contributed by atoms with Crippen LogP contribution >= 0.6 is 0 Å². The molecule has 2 aromatic heterocycles. The minimum Gasteiger partial charge on any atom is -0.339 e. The van der Waals surface area contributed by atoms with Crippen molar-refractivity contribution in [3.05, 3.63) is 23.0 Å². The van der Waals surface area contributed by atoms with Crippen molar-refractivity contribution in [2.75, 3.05) is 19.6 Å². The minimum atomic E-state index is 0.0379. The van der Waals surface area contributed by atoms with Crippen LogP contribution in [0.15, 0.2) is 10.6 Å². The third kappa shape index (κ3) is 3.02. The van der Waals surface area contributed by atoms with Crippen molar-refractivity contribution in [3.63, 3.8) is 0 Å². The van der Waals surface area contributed by atoms with Crippen LogP contribution in [0.5, 0.6) is 0 Å². The normalized spacial score (nSPS) is 26.9. The van der Waals surface area contributed by atoms with Gasteiger partial charge in [-0.05, 0) is 50.0 Å². The smallest absolute Gasteiger partial charge is 0.259 e. The summed E-state index contributed by atoms with van der Waals surface area (Å²) in [6.07, 6.45) is 3.83. The molecule has 154 valence electrons. The second-order valence-corrected chi connectivity index (χ2v) is 9.28. The summed E-state index contributed by atoms with van der Waals surface area (Å²) in [5.41, 5.74) is 2.64. The average molecular weight is 396 g/mol. The van der Waals surface area contributed by atoms with Gasteiger partial charge in [0, 0.05) is 37.8 Å². The number of aromatic nitrogens is 2. The summed E-state index contributed by atoms with van der Waals surface area (Å²) in [5, 5.41) is 4.78. The quantitative estimate of drug-likeness (QED) is 0.779. The van der Waals surface area contributed by atoms with Crippen molar-refractivity contribution in [2.45, 2.75) is 58.4 Å². The first-order valence-corrected chi connectivity index (χ1v) is 10.8. The fourth-order valence-electron chi connectivity index (χ4n) is 5.52. The summed E-state index contributed by atoms with van der Waals surface area (Å²) < 4.78 is 5.40. The van der Waals surface area contributed by atoms with E-state index in [1.165, 1.54) is 0 Å². The number of nitrogens with zero attached hydrogens (tertiary/aromatic N) is 4. The van der Waals surface area contributed by atoms with E-state index >= 15 is 0 Å². The highest BCUT2D eigenvalue weighted by molar-refractivity contribution is 6.06. The lowest BCUT2D eigenvalue weighted by Crippen LogP contribution is -2.61. The van der Waals surface area contributed by atoms with E-state index in [0.29, 0.717) is 53.7 Å². The maximum Gasteiger partial charge on any atom is 0.259 e. The summed E-state index contributed by atoms with van der Waals surface area (Å²) in [5.74, 6) is 1.27. The van der Waals surface area contributed by atoms with Gasteiger partial charge in [-0.1, -0.05) is 19.0 Å². The Morgan fingerprint density at radius 1 is 1.28 bits per heavy atom. The second-order valence-electron chi connectivity index (χ2n) is 9.28. The standard InChI is InChI=1S/C22H28N4O3/c1-12(2)17-8-16(20-13(3)24-29-21(20)23-17)22(28)25-9-14-7-15(11-25)18-5-4-6-19(27)26(18)10-14/h8,12,14-15,18H,4-7,9-11H2,1-3H3/t14-,15-,18?/m0/s1. The van der Waals surface area contributed by atoms with Gasteiger partial charge in [0.1, 0.15) is 0 Å². The van der Waals surface area contributed by atoms with E-state index in [0.717, 1.165) is 43.4 Å². The molecule has 1 unspecified atom stereocenters. The monoisotopic (exact) mass is 396 g/mol. The number of fused-ring (bicyclic) bond motifs is 5. The molecule has 29 heavy (non-hydrogen) atoms. The van der Waals surface area contributed by atoms with Gasteiger partial charge < -0.3 is 14.3 Å². The number of hydrogen-bond donors (Lipinski definition) is 0. The molecule has 0 aromatic carbocycles. The molecule has 7 heteroatoms. The molecule has 5 heterocycles. The van der Waals surface area contributed by atoms with Crippen LogP contribution in [0.3, 0.4) is 0 Å². The summed E-state index contributed by atoms with van der Waals surface area (Å²) in [6, 6.07) is 2.21. The zero-order chi connectivity index (χ0) is 20.3. The van der Waals surface area contributed by atoms with E-state index in [1.54, 1.807) is 0 Å². The second kappa shape index (κ2) is 6.82. The van der Waals surface area contributed by atoms with Crippen LogP contribution < -0.4 is 0 Å². The molecule has 2 bridgehead atoms. The molecule has 3 aliphatic rings. The number of hydrogen-bond acceptors (Lipinski definition) is 5. The minimum absolute atomic E-state index is 0.0379. The third-order valence-corrected chi connectivity index (χ3v) is 6.93. The number of aryl methyl sites for hydroxylation is 1. The highest BCUT2D eigenvalue weighted by Gasteiger charge is 2.45. The largest absolute Gasteiger partial charge is 0.339 e. The number of pyridine rings is 1. The maximum atomic E-state index is 13.6. The summed E-state index contributed by atoms with van der Waals surface area (Å²) in [6.45, 7) is 8.19. The van der Waals surface area contributed by atoms with Gasteiger partial charge in [0.05, 0.1) is 16.6 Å². The molecular weight excluding hydrogens is 368 g/mol. The zero-order valence-electron chi connectivity index (χ0n) is 17.4. The first kappa shape index (κ1) is 18.6. The van der Waals surface area contributed by atoms with Crippen molar-refractivity contribution < 1.29 is 14.1 Å². The maximum absolute atomic E-state index is 13.6. The van der Waals surface area contributed by atoms with Crippen LogP contribution in [-0.2, 0) is 4.79 Å². The molecule has 2 aromatic rings. The molecule has 3 atom stereocenters. The SMILES string of the molecule is Cc1noc2nc(C(C)C)cc(C(=O)N3C[C@@H]4C[C@@H](C3)C3CCCC(=O)N3C4)c12. The highest BCUT2D eigenvalue weighted by atomic mass is 16.5. The molecule has 0 spiro atoms. The zero-order valence-corrected chi connectivity index (χ0v) is 17.4. The lowest BCUT2D eigenvalue weighted by Gasteiger charge is -2.52. The van der Waals surface area contributed by atoms with E-state index < -0.39 is 0 Å². The van der Waals surface area contributed by atoms with Crippen molar-refractivity contribution in [1.82, 2.24) is 19.9 Å². The number of likely N-dealkylation sites (tertiary alicyclic amines) is 1. The fourth-order valence-corrected chi connectivity index (χ4v) is 5.52. The predicted octanol–water partition coefficient (Wildman–Crippen LogP) is 3.13. The number of carbonyl (C=O) groups excluding carboxylic acids is 2. The van der Waals surface area contributed by atoms with Gasteiger partial charge >= 0.3 is 0 Å². The van der Waals surface area contributed by atoms with Crippen LogP contribution in [0.2, 0.25) is 0 Å². The van der Waals surface area contributed by atoms with Gasteiger partial charge in [0.15, 0.2) is 0 Å². The molecule has 3 fully saturated rings. The summed E-state index contributed by atoms with van der Waals surface area (Å²) >= 11 is 0. The molecule has 5 rings (SSSR count). The number of piperidine rings is 3. The molecule has 3 saturated heterocycles. The topological polar surface area (TPSA) is 79.5 Å². The summed E-state index contributed by atoms with van der Waals surface area (Å²) in [4.78, 5) is 34.7. The van der Waals surface area contributed by atoms with E-state index in [1.807, 2.05) is 17.9 Å². The number of amides is 2. The lowest BCUT2D eigenvalue weighted by atomic mass is 9.76. The predicted molar refractivity (Wildman–Crippen MR) is 107 cm³/mol. The Morgan fingerprint density at radius 2 is 2.10 bits per heavy atom. The summed E-state index contributed by atoms with van der Waals surface area (Å²) in [7, 11) is 0. The fraction of sp³-hybridized carbons (Fsp3) is 0.636. The van der Waals surface area contributed by atoms with Crippen molar-refractivity contribution >= 4 is 22.9 Å². The van der Waals surface area contributed by atoms with Crippen LogP contribution in [0.1, 0.15) is 67.2 Å². The van der Waals surface area contributed by atoms with Crippen molar-refractivity contribution in [2.24, 2.45) is 11.8 Å². The van der Waals surface area contributed by atoms with Crippen molar-refractivity contribution in [1.29, 1.82) is 0 Å². The third-order valence-electron chi connectivity index (χ3n) is 6.93. The van der Waals surface area contributed by atoms with E-state index in [-0.39, 0.29) is 11.8 Å². The average Bonchev–Trinajstić information content (AvgIpc) is 3.08. The Kier molecular flexibility index (Phi) is 4.37. The molecule has 0 aliphatic carbocycles. The van der Waals surface area contributed by atoms with Crippen LogP contribution in [0.4, 0.5) is 0 Å². The van der Waals surface area contributed by atoms with Crippen LogP contribution in [0, 0.1) is 18.8 Å². The van der Waals surface area contributed by atoms with Crippen LogP contribution in [0.25, 0.3) is 11.1 Å². The Balaban J connectivity index is 1.47. The van der Waals surface area contributed by atoms with Gasteiger partial charge in [-0.3, -0.25) is 9.59 Å². The lowest BCUT2D eigenvalue weighted by molar-refractivity contribution is -0.144. The van der Waals surface area contributed by atoms with Gasteiger partial charge in [-0.2, -0.15) is 0 Å². The molecule has 0 radical (unpaired) electrons. The molecule has 0 saturated carbocycles. The molecule has 2 amide bonds. The first-order chi connectivity index (χ1) is 13.9. The molecule has 0 N–H and O–H groups in total. The van der Waals surface area contributed by atoms with Crippen LogP contribution in [-0.4, -0.2) is 57.4 Å². The number of rotatable bonds is 2. The molecule has 3 aliphatic heterocycles. The van der Waals surface area contributed by atoms with Gasteiger partial charge in [-0.15, -0.1) is 0 Å². The Bertz CT molecular complexity index is 982. The van der Waals surface area contributed by atoms with Gasteiger partial charge in [0.25, 0.3) is 11.6 Å². The number of carbonyl (C=O) groups is 2. The molecule has 7 nitrogen and oxygen atoms in total. The Hall–Kier alpha value is -2.44. The van der Waals surface area contributed by atoms with E-state index in [2.05, 4.69) is 28.9 Å². The highest BCUT2D eigenvalue weighted by Crippen LogP contribution is 2.38. The van der Waals surface area contributed by atoms with Gasteiger partial charge in [0.2, 0.25) is 5.91 Å². The van der Waals surface area contributed by atoms with Crippen molar-refractivity contribution in [3.8, 4) is 0 Å². The Labute approximate surface area is 170 Å². The van der Waals surface area contributed by atoms with E-state index in [4.69, 9.17) is 4.52 Å². The molecular formula is C22H28N4O3. The van der Waals surface area contributed by atoms with Gasteiger partial charge in [-0.25, -0.2) is 4.98 Å². The van der Waals surface area contributed by atoms with E-state index in [9.17, 15) is 9.59 Å². The first-order valence-electron chi connectivity index (χ1n) is 10.8.